The van der Waals surface area contributed by atoms with Crippen molar-refractivity contribution in [1.29, 1.82) is 0 Å². The summed E-state index contributed by atoms with van der Waals surface area (Å²) in [5.74, 6) is -0.881. The van der Waals surface area contributed by atoms with Crippen molar-refractivity contribution in [2.75, 3.05) is 5.32 Å². The Bertz CT molecular complexity index is 1380. The monoisotopic (exact) mass is 462 g/mol. The summed E-state index contributed by atoms with van der Waals surface area (Å²) >= 11 is 0. The van der Waals surface area contributed by atoms with Gasteiger partial charge in [-0.05, 0) is 53.1 Å². The third-order valence-corrected chi connectivity index (χ3v) is 5.11. The van der Waals surface area contributed by atoms with Crippen LogP contribution in [0.4, 0.5) is 23.2 Å². The number of hydrogen-bond acceptors (Lipinski definition) is 2. The van der Waals surface area contributed by atoms with Crippen LogP contribution in [0.2, 0.25) is 0 Å². The average molecular weight is 462 g/mol. The summed E-state index contributed by atoms with van der Waals surface area (Å²) in [6.45, 7) is 0. The van der Waals surface area contributed by atoms with Crippen molar-refractivity contribution >= 4 is 27.9 Å². The molecule has 0 bridgehead atoms. The molecule has 3 nitrogen and oxygen atoms in total. The fourth-order valence-corrected chi connectivity index (χ4v) is 3.49. The zero-order chi connectivity index (χ0) is 24.1. The Morgan fingerprint density at radius 2 is 1.68 bits per heavy atom. The Morgan fingerprint density at radius 3 is 2.41 bits per heavy atom. The lowest BCUT2D eigenvalue weighted by Gasteiger charge is -2.11. The van der Waals surface area contributed by atoms with Gasteiger partial charge < -0.3 is 5.32 Å². The number of benzene rings is 3. The van der Waals surface area contributed by atoms with Gasteiger partial charge in [0, 0.05) is 34.9 Å². The second-order valence-electron chi connectivity index (χ2n) is 7.42. The maximum absolute atomic E-state index is 13.8. The molecule has 0 radical (unpaired) electrons. The van der Waals surface area contributed by atoms with Crippen LogP contribution in [0.1, 0.15) is 16.7 Å². The molecular weight excluding hydrogens is 444 g/mol. The van der Waals surface area contributed by atoms with Gasteiger partial charge in [-0.2, -0.15) is 13.2 Å². The lowest BCUT2D eigenvalue weighted by molar-refractivity contribution is -0.137. The fourth-order valence-electron chi connectivity index (χ4n) is 3.49. The van der Waals surface area contributed by atoms with Crippen molar-refractivity contribution < 1.29 is 22.4 Å². The standard InChI is InChI=1S/C27H18F4N2O/c28-22-6-1-4-19(16-22)23(18-10-12-21(13-11-18)27(29,30)31)7-3-9-26(34)33-25-8-2-5-20-17-32-15-14-24(20)25/h1-17H,(H,33,34)/b9-3+,23-7-. The van der Waals surface area contributed by atoms with Gasteiger partial charge in [0.05, 0.1) is 5.56 Å². The molecule has 0 unspecified atom stereocenters. The lowest BCUT2D eigenvalue weighted by atomic mass is 9.96. The van der Waals surface area contributed by atoms with Crippen molar-refractivity contribution in [3.8, 4) is 0 Å². The van der Waals surface area contributed by atoms with E-state index in [2.05, 4.69) is 10.3 Å². The Kier molecular flexibility index (Phi) is 6.54. The van der Waals surface area contributed by atoms with Gasteiger partial charge in [-0.25, -0.2) is 4.39 Å². The van der Waals surface area contributed by atoms with Crippen LogP contribution in [0.25, 0.3) is 16.3 Å². The number of pyridine rings is 1. The molecule has 0 atom stereocenters. The van der Waals surface area contributed by atoms with Crippen molar-refractivity contribution in [2.45, 2.75) is 6.18 Å². The SMILES string of the molecule is O=C(/C=C/C=C(/c1ccc(C(F)(F)F)cc1)c1cccc(F)c1)Nc1cccc2cnccc12. The summed E-state index contributed by atoms with van der Waals surface area (Å²) in [6.07, 6.45) is 3.19. The maximum atomic E-state index is 13.8. The number of anilines is 1. The third kappa shape index (κ3) is 5.38. The number of nitrogens with zero attached hydrogens (tertiary/aromatic N) is 1. The first-order chi connectivity index (χ1) is 16.3. The van der Waals surface area contributed by atoms with Gasteiger partial charge in [-0.15, -0.1) is 0 Å². The maximum Gasteiger partial charge on any atom is 0.416 e. The molecule has 3 aromatic carbocycles. The molecule has 0 fully saturated rings. The van der Waals surface area contributed by atoms with Crippen molar-refractivity contribution in [3.05, 3.63) is 126 Å². The van der Waals surface area contributed by atoms with E-state index in [1.54, 1.807) is 42.7 Å². The number of carbonyl (C=O) groups excluding carboxylic acids is 1. The second kappa shape index (κ2) is 9.70. The number of rotatable bonds is 5. The Labute approximate surface area is 193 Å². The van der Waals surface area contributed by atoms with Gasteiger partial charge in [0.25, 0.3) is 0 Å². The van der Waals surface area contributed by atoms with Crippen molar-refractivity contribution in [3.63, 3.8) is 0 Å². The van der Waals surface area contributed by atoms with Gasteiger partial charge >= 0.3 is 6.18 Å². The molecule has 4 rings (SSSR count). The molecule has 0 aliphatic carbocycles. The van der Waals surface area contributed by atoms with E-state index in [-0.39, 0.29) is 0 Å². The number of allylic oxidation sites excluding steroid dienone is 2. The molecule has 0 aliphatic rings. The topological polar surface area (TPSA) is 42.0 Å². The van der Waals surface area contributed by atoms with E-state index in [1.807, 2.05) is 6.07 Å². The molecule has 7 heteroatoms. The predicted molar refractivity (Wildman–Crippen MR) is 124 cm³/mol. The fraction of sp³-hybridized carbons (Fsp3) is 0.0370. The van der Waals surface area contributed by atoms with Crippen LogP contribution in [0.15, 0.2) is 103 Å². The third-order valence-electron chi connectivity index (χ3n) is 5.11. The van der Waals surface area contributed by atoms with Crippen LogP contribution >= 0.6 is 0 Å². The number of amides is 1. The second-order valence-corrected chi connectivity index (χ2v) is 7.42. The van der Waals surface area contributed by atoms with Gasteiger partial charge in [0.15, 0.2) is 0 Å². The summed E-state index contributed by atoms with van der Waals surface area (Å²) < 4.78 is 52.6. The van der Waals surface area contributed by atoms with Crippen molar-refractivity contribution in [2.24, 2.45) is 0 Å². The highest BCUT2D eigenvalue weighted by Crippen LogP contribution is 2.31. The van der Waals surface area contributed by atoms with Crippen LogP contribution < -0.4 is 5.32 Å². The minimum Gasteiger partial charge on any atom is -0.322 e. The van der Waals surface area contributed by atoms with E-state index in [9.17, 15) is 22.4 Å². The first kappa shape index (κ1) is 22.9. The van der Waals surface area contributed by atoms with Crippen LogP contribution in [0.5, 0.6) is 0 Å². The van der Waals surface area contributed by atoms with E-state index in [4.69, 9.17) is 0 Å². The number of aromatic nitrogens is 1. The lowest BCUT2D eigenvalue weighted by Crippen LogP contribution is -2.08. The zero-order valence-corrected chi connectivity index (χ0v) is 17.7. The molecule has 0 aliphatic heterocycles. The average Bonchev–Trinajstić information content (AvgIpc) is 2.82. The van der Waals surface area contributed by atoms with Gasteiger partial charge in [-0.3, -0.25) is 9.78 Å². The number of hydrogen-bond donors (Lipinski definition) is 1. The minimum atomic E-state index is -4.46. The van der Waals surface area contributed by atoms with Gasteiger partial charge in [0.1, 0.15) is 5.82 Å². The molecular formula is C27H18F4N2O. The van der Waals surface area contributed by atoms with E-state index in [0.717, 1.165) is 22.9 Å². The molecule has 170 valence electrons. The van der Waals surface area contributed by atoms with E-state index in [1.165, 1.54) is 42.5 Å². The first-order valence-electron chi connectivity index (χ1n) is 10.3. The van der Waals surface area contributed by atoms with Crippen molar-refractivity contribution in [1.82, 2.24) is 4.98 Å². The summed E-state index contributed by atoms with van der Waals surface area (Å²) in [5.41, 5.74) is 1.21. The molecule has 1 aromatic heterocycles. The minimum absolute atomic E-state index is 0.397. The number of nitrogens with one attached hydrogen (secondary N) is 1. The highest BCUT2D eigenvalue weighted by atomic mass is 19.4. The highest BCUT2D eigenvalue weighted by molar-refractivity contribution is 6.06. The van der Waals surface area contributed by atoms with Crippen LogP contribution in [0.3, 0.4) is 0 Å². The molecule has 0 spiro atoms. The summed E-state index contributed by atoms with van der Waals surface area (Å²) in [5, 5.41) is 4.51. The number of carbonyl (C=O) groups is 1. The molecule has 1 amide bonds. The molecule has 1 heterocycles. The summed E-state index contributed by atoms with van der Waals surface area (Å²) in [7, 11) is 0. The highest BCUT2D eigenvalue weighted by Gasteiger charge is 2.30. The Morgan fingerprint density at radius 1 is 0.912 bits per heavy atom. The largest absolute Gasteiger partial charge is 0.416 e. The molecule has 1 N–H and O–H groups in total. The van der Waals surface area contributed by atoms with E-state index >= 15 is 0 Å². The molecule has 34 heavy (non-hydrogen) atoms. The van der Waals surface area contributed by atoms with Crippen LogP contribution in [-0.2, 0) is 11.0 Å². The number of fused-ring (bicyclic) bond motifs is 1. The molecule has 4 aromatic rings. The summed E-state index contributed by atoms with van der Waals surface area (Å²) in [6, 6.07) is 17.5. The predicted octanol–water partition coefficient (Wildman–Crippen LogP) is 7.02. The zero-order valence-electron chi connectivity index (χ0n) is 17.7. The van der Waals surface area contributed by atoms with Gasteiger partial charge in [0.2, 0.25) is 5.91 Å². The quantitative estimate of drug-likeness (QED) is 0.197. The summed E-state index contributed by atoms with van der Waals surface area (Å²) in [4.78, 5) is 16.6. The Hall–Kier alpha value is -4.26. The number of halogens is 4. The first-order valence-corrected chi connectivity index (χ1v) is 10.3. The van der Waals surface area contributed by atoms with E-state index < -0.39 is 23.5 Å². The van der Waals surface area contributed by atoms with Crippen LogP contribution in [-0.4, -0.2) is 10.9 Å². The molecule has 0 saturated carbocycles. The van der Waals surface area contributed by atoms with Gasteiger partial charge in [-0.1, -0.05) is 48.6 Å². The normalized spacial score (nSPS) is 12.3. The smallest absolute Gasteiger partial charge is 0.322 e. The molecule has 0 saturated heterocycles. The number of alkyl halides is 3. The van der Waals surface area contributed by atoms with E-state index in [0.29, 0.717) is 22.4 Å². The van der Waals surface area contributed by atoms with Crippen LogP contribution in [0, 0.1) is 5.82 Å². The Balaban J connectivity index is 1.62.